The highest BCUT2D eigenvalue weighted by Gasteiger charge is 2.39. The first-order chi connectivity index (χ1) is 11.0. The maximum atomic E-state index is 14.4. The fourth-order valence-corrected chi connectivity index (χ4v) is 3.64. The number of hydrogen-bond acceptors (Lipinski definition) is 4. The predicted octanol–water partition coefficient (Wildman–Crippen LogP) is 1.24. The van der Waals surface area contributed by atoms with E-state index in [2.05, 4.69) is 4.90 Å². The third-order valence-electron chi connectivity index (χ3n) is 4.93. The molecule has 6 heteroatoms. The van der Waals surface area contributed by atoms with Crippen LogP contribution in [0, 0.1) is 5.82 Å². The van der Waals surface area contributed by atoms with Gasteiger partial charge in [-0.15, -0.1) is 0 Å². The van der Waals surface area contributed by atoms with E-state index in [1.165, 1.54) is 6.07 Å². The van der Waals surface area contributed by atoms with Crippen LogP contribution in [0.2, 0.25) is 0 Å². The molecule has 0 aliphatic carbocycles. The topological polar surface area (TPSA) is 69.8 Å². The summed E-state index contributed by atoms with van der Waals surface area (Å²) in [5.74, 6) is -0.932. The summed E-state index contributed by atoms with van der Waals surface area (Å²) in [6, 6.07) is 5.16. The van der Waals surface area contributed by atoms with Crippen molar-refractivity contribution in [3.8, 4) is 0 Å². The van der Waals surface area contributed by atoms with Crippen LogP contribution in [-0.4, -0.2) is 47.7 Å². The molecule has 3 rings (SSSR count). The standard InChI is InChI=1S/C17H24FN3O2/c18-14-5-3-6-15(21-9-1-2-10-21)13(14)11-20-8-4-7-17(23,12-20)16(19)22/h3,5-6,23H,1-2,4,7-12H2,(H2,19,22). The smallest absolute Gasteiger partial charge is 0.250 e. The first-order valence-corrected chi connectivity index (χ1v) is 8.26. The molecule has 2 aliphatic rings. The largest absolute Gasteiger partial charge is 0.379 e. The number of likely N-dealkylation sites (tertiary alicyclic amines) is 1. The molecule has 23 heavy (non-hydrogen) atoms. The minimum absolute atomic E-state index is 0.163. The van der Waals surface area contributed by atoms with Crippen LogP contribution in [0.5, 0.6) is 0 Å². The number of carbonyl (C=O) groups excluding carboxylic acids is 1. The van der Waals surface area contributed by atoms with Crippen molar-refractivity contribution >= 4 is 11.6 Å². The molecule has 0 aromatic heterocycles. The van der Waals surface area contributed by atoms with Crippen LogP contribution in [0.3, 0.4) is 0 Å². The van der Waals surface area contributed by atoms with E-state index in [1.54, 1.807) is 6.07 Å². The number of benzene rings is 1. The van der Waals surface area contributed by atoms with E-state index in [1.807, 2.05) is 11.0 Å². The van der Waals surface area contributed by atoms with E-state index in [4.69, 9.17) is 5.73 Å². The molecule has 0 spiro atoms. The van der Waals surface area contributed by atoms with Crippen molar-refractivity contribution in [1.29, 1.82) is 0 Å². The SMILES string of the molecule is NC(=O)C1(O)CCCN(Cc2c(F)cccc2N2CCCC2)C1. The van der Waals surface area contributed by atoms with Gasteiger partial charge in [-0.1, -0.05) is 6.07 Å². The van der Waals surface area contributed by atoms with Crippen LogP contribution in [-0.2, 0) is 11.3 Å². The first-order valence-electron chi connectivity index (χ1n) is 8.26. The number of piperidine rings is 1. The second-order valence-electron chi connectivity index (χ2n) is 6.64. The summed E-state index contributed by atoms with van der Waals surface area (Å²) >= 11 is 0. The second-order valence-corrected chi connectivity index (χ2v) is 6.64. The molecule has 1 aromatic carbocycles. The monoisotopic (exact) mass is 321 g/mol. The summed E-state index contributed by atoms with van der Waals surface area (Å²) in [4.78, 5) is 15.6. The molecule has 0 radical (unpaired) electrons. The van der Waals surface area contributed by atoms with E-state index in [9.17, 15) is 14.3 Å². The molecule has 3 N–H and O–H groups in total. The zero-order chi connectivity index (χ0) is 16.4. The van der Waals surface area contributed by atoms with E-state index in [0.717, 1.165) is 38.2 Å². The van der Waals surface area contributed by atoms with E-state index in [-0.39, 0.29) is 12.4 Å². The Morgan fingerprint density at radius 2 is 2.00 bits per heavy atom. The number of nitrogens with zero attached hydrogens (tertiary/aromatic N) is 2. The summed E-state index contributed by atoms with van der Waals surface area (Å²) in [5.41, 5.74) is 5.38. The molecule has 2 aliphatic heterocycles. The number of anilines is 1. The lowest BCUT2D eigenvalue weighted by Crippen LogP contribution is -2.55. The zero-order valence-electron chi connectivity index (χ0n) is 13.3. The molecule has 2 fully saturated rings. The van der Waals surface area contributed by atoms with Gasteiger partial charge in [-0.3, -0.25) is 9.69 Å². The third-order valence-corrected chi connectivity index (χ3v) is 4.93. The van der Waals surface area contributed by atoms with Gasteiger partial charge in [-0.2, -0.15) is 0 Å². The van der Waals surface area contributed by atoms with Crippen molar-refractivity contribution in [3.63, 3.8) is 0 Å². The van der Waals surface area contributed by atoms with Gasteiger partial charge < -0.3 is 15.7 Å². The molecule has 5 nitrogen and oxygen atoms in total. The molecule has 1 atom stereocenters. The van der Waals surface area contributed by atoms with Gasteiger partial charge in [0.05, 0.1) is 0 Å². The Hall–Kier alpha value is -1.66. The summed E-state index contributed by atoms with van der Waals surface area (Å²) in [5, 5.41) is 10.3. The van der Waals surface area contributed by atoms with Gasteiger partial charge in [0.2, 0.25) is 0 Å². The summed E-state index contributed by atoms with van der Waals surface area (Å²) in [7, 11) is 0. The lowest BCUT2D eigenvalue weighted by molar-refractivity contribution is -0.142. The van der Waals surface area contributed by atoms with Gasteiger partial charge in [0.25, 0.3) is 5.91 Å². The number of hydrogen-bond donors (Lipinski definition) is 2. The Kier molecular flexibility index (Phi) is 4.55. The van der Waals surface area contributed by atoms with Crippen molar-refractivity contribution < 1.29 is 14.3 Å². The Morgan fingerprint density at radius 3 is 2.70 bits per heavy atom. The van der Waals surface area contributed by atoms with E-state index >= 15 is 0 Å². The number of amides is 1. The summed E-state index contributed by atoms with van der Waals surface area (Å²) in [6.07, 6.45) is 3.30. The number of primary amides is 1. The highest BCUT2D eigenvalue weighted by atomic mass is 19.1. The minimum Gasteiger partial charge on any atom is -0.379 e. The van der Waals surface area contributed by atoms with Gasteiger partial charge in [0.15, 0.2) is 5.60 Å². The average Bonchev–Trinajstić information content (AvgIpc) is 3.03. The maximum Gasteiger partial charge on any atom is 0.250 e. The number of aliphatic hydroxyl groups is 1. The van der Waals surface area contributed by atoms with Crippen LogP contribution in [0.4, 0.5) is 10.1 Å². The number of nitrogens with two attached hydrogens (primary N) is 1. The molecule has 1 unspecified atom stereocenters. The van der Waals surface area contributed by atoms with Crippen molar-refractivity contribution in [2.45, 2.75) is 37.8 Å². The fourth-order valence-electron chi connectivity index (χ4n) is 3.64. The zero-order valence-corrected chi connectivity index (χ0v) is 13.3. The summed E-state index contributed by atoms with van der Waals surface area (Å²) < 4.78 is 14.4. The number of carbonyl (C=O) groups is 1. The maximum absolute atomic E-state index is 14.4. The van der Waals surface area contributed by atoms with Crippen molar-refractivity contribution in [2.75, 3.05) is 31.1 Å². The number of halogens is 1. The second kappa shape index (κ2) is 6.45. The molecule has 2 saturated heterocycles. The van der Waals surface area contributed by atoms with E-state index < -0.39 is 11.5 Å². The lowest BCUT2D eigenvalue weighted by Gasteiger charge is -2.37. The van der Waals surface area contributed by atoms with Crippen molar-refractivity contribution in [3.05, 3.63) is 29.6 Å². The summed E-state index contributed by atoms with van der Waals surface area (Å²) in [6.45, 7) is 3.16. The third kappa shape index (κ3) is 3.33. The highest BCUT2D eigenvalue weighted by molar-refractivity contribution is 5.83. The Morgan fingerprint density at radius 1 is 1.26 bits per heavy atom. The van der Waals surface area contributed by atoms with Gasteiger partial charge in [-0.05, 0) is 44.4 Å². The Labute approximate surface area is 135 Å². The van der Waals surface area contributed by atoms with Crippen LogP contribution in [0.1, 0.15) is 31.2 Å². The van der Waals surface area contributed by atoms with Crippen molar-refractivity contribution in [1.82, 2.24) is 4.90 Å². The lowest BCUT2D eigenvalue weighted by atomic mass is 9.92. The molecular weight excluding hydrogens is 297 g/mol. The van der Waals surface area contributed by atoms with Gasteiger partial charge in [0, 0.05) is 37.4 Å². The fraction of sp³-hybridized carbons (Fsp3) is 0.588. The molecule has 1 amide bonds. The molecule has 1 aromatic rings. The quantitative estimate of drug-likeness (QED) is 0.875. The molecular formula is C17H24FN3O2. The van der Waals surface area contributed by atoms with Gasteiger partial charge in [0.1, 0.15) is 5.82 Å². The number of rotatable bonds is 4. The molecule has 2 heterocycles. The van der Waals surface area contributed by atoms with E-state index in [0.29, 0.717) is 24.9 Å². The highest BCUT2D eigenvalue weighted by Crippen LogP contribution is 2.30. The molecule has 126 valence electrons. The van der Waals surface area contributed by atoms with Crippen LogP contribution < -0.4 is 10.6 Å². The van der Waals surface area contributed by atoms with Crippen LogP contribution >= 0.6 is 0 Å². The normalized spacial score (nSPS) is 25.7. The van der Waals surface area contributed by atoms with Crippen LogP contribution in [0.25, 0.3) is 0 Å². The van der Waals surface area contributed by atoms with Crippen molar-refractivity contribution in [2.24, 2.45) is 5.73 Å². The van der Waals surface area contributed by atoms with Gasteiger partial charge in [-0.25, -0.2) is 4.39 Å². The first kappa shape index (κ1) is 16.2. The Bertz CT molecular complexity index is 589. The Balaban J connectivity index is 1.81. The van der Waals surface area contributed by atoms with Crippen LogP contribution in [0.15, 0.2) is 18.2 Å². The molecule has 0 bridgehead atoms. The molecule has 0 saturated carbocycles. The minimum atomic E-state index is -1.50. The number of β-amino-alcohol motifs (C(OH)–C–C–N with tert-alkyl or cyclic N) is 1. The average molecular weight is 321 g/mol. The van der Waals surface area contributed by atoms with Gasteiger partial charge >= 0.3 is 0 Å². The predicted molar refractivity (Wildman–Crippen MR) is 86.5 cm³/mol.